The van der Waals surface area contributed by atoms with Gasteiger partial charge in [-0.3, -0.25) is 4.79 Å². The molecular formula is C28H27N3O3. The molecule has 0 aliphatic heterocycles. The summed E-state index contributed by atoms with van der Waals surface area (Å²) in [6, 6.07) is 25.4. The van der Waals surface area contributed by atoms with E-state index in [9.17, 15) is 4.79 Å². The summed E-state index contributed by atoms with van der Waals surface area (Å²) < 4.78 is 11.3. The summed E-state index contributed by atoms with van der Waals surface area (Å²) in [5, 5.41) is 0. The molecule has 0 saturated carbocycles. The molecule has 0 radical (unpaired) electrons. The Labute approximate surface area is 199 Å². The van der Waals surface area contributed by atoms with E-state index in [1.807, 2.05) is 30.3 Å². The molecule has 0 fully saturated rings. The first-order chi connectivity index (χ1) is 16.6. The highest BCUT2D eigenvalue weighted by Crippen LogP contribution is 2.22. The minimum atomic E-state index is -0.513. The van der Waals surface area contributed by atoms with Crippen LogP contribution in [0.3, 0.4) is 0 Å². The molecule has 0 aliphatic carbocycles. The largest absolute Gasteiger partial charge is 0.465 e. The van der Waals surface area contributed by atoms with E-state index in [4.69, 9.17) is 14.9 Å². The summed E-state index contributed by atoms with van der Waals surface area (Å²) in [5.74, 6) is 1.43. The highest BCUT2D eigenvalue weighted by molar-refractivity contribution is 5.92. The van der Waals surface area contributed by atoms with Crippen LogP contribution < -0.4 is 10.5 Å². The Bertz CT molecular complexity index is 1220. The van der Waals surface area contributed by atoms with Gasteiger partial charge in [-0.2, -0.15) is 0 Å². The number of nitrogens with zero attached hydrogens (tertiary/aromatic N) is 2. The number of likely N-dealkylation sites (N-methyl/N-ethyl adjacent to an activating group) is 1. The molecule has 1 amide bonds. The van der Waals surface area contributed by atoms with Crippen molar-refractivity contribution >= 4 is 17.6 Å². The number of carbonyl (C=O) groups is 1. The highest BCUT2D eigenvalue weighted by Gasteiger charge is 2.08. The Balaban J connectivity index is 1.34. The van der Waals surface area contributed by atoms with Gasteiger partial charge < -0.3 is 19.8 Å². The van der Waals surface area contributed by atoms with Crippen LogP contribution in [0.2, 0.25) is 0 Å². The van der Waals surface area contributed by atoms with Gasteiger partial charge in [0.05, 0.1) is 11.8 Å². The van der Waals surface area contributed by atoms with E-state index in [1.54, 1.807) is 18.4 Å². The SMILES string of the molecule is CN(CCc1ccc(Oc2ccc(C(N)=O)cn2)cc1)C/C(=C/c1ccco1)c1ccccc1. The third-order valence-electron chi connectivity index (χ3n) is 5.39. The summed E-state index contributed by atoms with van der Waals surface area (Å²) in [6.07, 6.45) is 6.11. The van der Waals surface area contributed by atoms with Crippen LogP contribution in [0.1, 0.15) is 27.2 Å². The number of carbonyl (C=O) groups excluding carboxylic acids is 1. The number of rotatable bonds is 10. The molecule has 6 nitrogen and oxygen atoms in total. The molecule has 0 bridgehead atoms. The van der Waals surface area contributed by atoms with Gasteiger partial charge in [0.15, 0.2) is 0 Å². The number of primary amides is 1. The molecule has 2 aromatic heterocycles. The zero-order valence-corrected chi connectivity index (χ0v) is 19.1. The van der Waals surface area contributed by atoms with Crippen molar-refractivity contribution in [2.75, 3.05) is 20.1 Å². The Kier molecular flexibility index (Phi) is 7.53. The number of amides is 1. The second kappa shape index (κ2) is 11.1. The fourth-order valence-electron chi connectivity index (χ4n) is 3.54. The summed E-state index contributed by atoms with van der Waals surface area (Å²) >= 11 is 0. The van der Waals surface area contributed by atoms with Gasteiger partial charge >= 0.3 is 0 Å². The minimum absolute atomic E-state index is 0.348. The third-order valence-corrected chi connectivity index (χ3v) is 5.39. The van der Waals surface area contributed by atoms with Crippen LogP contribution >= 0.6 is 0 Å². The molecule has 4 rings (SSSR count). The molecule has 0 atom stereocenters. The number of hydrogen-bond donors (Lipinski definition) is 1. The van der Waals surface area contributed by atoms with Crippen LogP contribution in [0.15, 0.2) is 95.7 Å². The van der Waals surface area contributed by atoms with E-state index in [-0.39, 0.29) is 0 Å². The van der Waals surface area contributed by atoms with Gasteiger partial charge in [0.2, 0.25) is 11.8 Å². The standard InChI is InChI=1S/C28H27N3O3/c1-31(20-24(18-26-8-5-17-33-26)22-6-3-2-4-7-22)16-15-21-9-12-25(13-10-21)34-27-14-11-23(19-30-27)28(29)32/h2-14,17-19H,15-16,20H2,1H3,(H2,29,32)/b24-18-. The van der Waals surface area contributed by atoms with Gasteiger partial charge in [0, 0.05) is 25.4 Å². The zero-order valence-electron chi connectivity index (χ0n) is 19.1. The van der Waals surface area contributed by atoms with E-state index >= 15 is 0 Å². The molecule has 6 heteroatoms. The molecular weight excluding hydrogens is 426 g/mol. The number of aromatic nitrogens is 1. The lowest BCUT2D eigenvalue weighted by molar-refractivity contribution is 0.1000. The molecule has 0 saturated heterocycles. The molecule has 34 heavy (non-hydrogen) atoms. The quantitative estimate of drug-likeness (QED) is 0.353. The monoisotopic (exact) mass is 453 g/mol. The van der Waals surface area contributed by atoms with Crippen molar-refractivity contribution in [1.82, 2.24) is 9.88 Å². The predicted molar refractivity (Wildman–Crippen MR) is 133 cm³/mol. The van der Waals surface area contributed by atoms with Gasteiger partial charge in [-0.25, -0.2) is 4.98 Å². The van der Waals surface area contributed by atoms with Gasteiger partial charge in [-0.05, 0) is 66.6 Å². The maximum atomic E-state index is 11.2. The molecule has 0 unspecified atom stereocenters. The van der Waals surface area contributed by atoms with Crippen molar-refractivity contribution in [3.05, 3.63) is 114 Å². The fourth-order valence-corrected chi connectivity index (χ4v) is 3.54. The second-order valence-electron chi connectivity index (χ2n) is 8.03. The first-order valence-electron chi connectivity index (χ1n) is 11.1. The maximum absolute atomic E-state index is 11.2. The lowest BCUT2D eigenvalue weighted by atomic mass is 10.0. The number of hydrogen-bond acceptors (Lipinski definition) is 5. The Morgan fingerprint density at radius 3 is 2.44 bits per heavy atom. The Morgan fingerprint density at radius 2 is 1.79 bits per heavy atom. The number of benzene rings is 2. The number of furan rings is 1. The van der Waals surface area contributed by atoms with Gasteiger partial charge in [-0.1, -0.05) is 42.5 Å². The van der Waals surface area contributed by atoms with Crippen molar-refractivity contribution < 1.29 is 13.9 Å². The molecule has 4 aromatic rings. The van der Waals surface area contributed by atoms with Gasteiger partial charge in [0.1, 0.15) is 11.5 Å². The van der Waals surface area contributed by atoms with Crippen LogP contribution in [0, 0.1) is 0 Å². The first kappa shape index (κ1) is 23.0. The van der Waals surface area contributed by atoms with E-state index in [0.717, 1.165) is 25.3 Å². The topological polar surface area (TPSA) is 81.6 Å². The average molecular weight is 454 g/mol. The Morgan fingerprint density at radius 1 is 1.00 bits per heavy atom. The zero-order chi connectivity index (χ0) is 23.8. The van der Waals surface area contributed by atoms with E-state index in [1.165, 1.54) is 22.9 Å². The molecule has 0 spiro atoms. The molecule has 2 N–H and O–H groups in total. The number of nitrogens with two attached hydrogens (primary N) is 1. The van der Waals surface area contributed by atoms with Crippen LogP contribution in [0.4, 0.5) is 0 Å². The van der Waals surface area contributed by atoms with Crippen molar-refractivity contribution in [2.24, 2.45) is 5.73 Å². The number of pyridine rings is 1. The van der Waals surface area contributed by atoms with E-state index in [2.05, 4.69) is 59.4 Å². The summed E-state index contributed by atoms with van der Waals surface area (Å²) in [5.41, 5.74) is 9.19. The predicted octanol–water partition coefficient (Wildman–Crippen LogP) is 5.28. The first-order valence-corrected chi connectivity index (χ1v) is 11.1. The van der Waals surface area contributed by atoms with E-state index < -0.39 is 5.91 Å². The third kappa shape index (κ3) is 6.43. The summed E-state index contributed by atoms with van der Waals surface area (Å²) in [7, 11) is 2.12. The molecule has 0 aliphatic rings. The molecule has 172 valence electrons. The summed E-state index contributed by atoms with van der Waals surface area (Å²) in [6.45, 7) is 1.71. The lowest BCUT2D eigenvalue weighted by Crippen LogP contribution is -2.23. The van der Waals surface area contributed by atoms with E-state index in [0.29, 0.717) is 17.2 Å². The van der Waals surface area contributed by atoms with Crippen LogP contribution in [0.25, 0.3) is 11.6 Å². The second-order valence-corrected chi connectivity index (χ2v) is 8.03. The number of ether oxygens (including phenoxy) is 1. The van der Waals surface area contributed by atoms with Crippen LogP contribution in [-0.2, 0) is 6.42 Å². The average Bonchev–Trinajstić information content (AvgIpc) is 3.37. The van der Waals surface area contributed by atoms with Crippen LogP contribution in [-0.4, -0.2) is 35.9 Å². The van der Waals surface area contributed by atoms with Crippen molar-refractivity contribution in [2.45, 2.75) is 6.42 Å². The minimum Gasteiger partial charge on any atom is -0.465 e. The molecule has 2 heterocycles. The smallest absolute Gasteiger partial charge is 0.250 e. The Hall–Kier alpha value is -4.16. The highest BCUT2D eigenvalue weighted by atomic mass is 16.5. The van der Waals surface area contributed by atoms with Crippen molar-refractivity contribution in [1.29, 1.82) is 0 Å². The maximum Gasteiger partial charge on any atom is 0.250 e. The lowest BCUT2D eigenvalue weighted by Gasteiger charge is -2.19. The van der Waals surface area contributed by atoms with Gasteiger partial charge in [0.25, 0.3) is 0 Å². The molecule has 2 aromatic carbocycles. The fraction of sp³-hybridized carbons (Fsp3) is 0.143. The van der Waals surface area contributed by atoms with Crippen molar-refractivity contribution in [3.63, 3.8) is 0 Å². The van der Waals surface area contributed by atoms with Crippen LogP contribution in [0.5, 0.6) is 11.6 Å². The van der Waals surface area contributed by atoms with Crippen molar-refractivity contribution in [3.8, 4) is 11.6 Å². The normalized spacial score (nSPS) is 11.5. The van der Waals surface area contributed by atoms with Gasteiger partial charge in [-0.15, -0.1) is 0 Å². The summed E-state index contributed by atoms with van der Waals surface area (Å²) in [4.78, 5) is 17.6.